The van der Waals surface area contributed by atoms with Crippen molar-refractivity contribution in [1.29, 1.82) is 0 Å². The molecule has 0 spiro atoms. The van der Waals surface area contributed by atoms with Crippen LogP contribution in [-0.4, -0.2) is 19.2 Å². The SMILES string of the molecule is COc1ccc(Cc2nc(C)cs2)cc1OC. The van der Waals surface area contributed by atoms with Gasteiger partial charge in [-0.25, -0.2) is 4.98 Å². The summed E-state index contributed by atoms with van der Waals surface area (Å²) in [6, 6.07) is 5.96. The number of benzene rings is 1. The van der Waals surface area contributed by atoms with Crippen LogP contribution in [0.3, 0.4) is 0 Å². The maximum atomic E-state index is 5.28. The lowest BCUT2D eigenvalue weighted by Crippen LogP contribution is -1.93. The Morgan fingerprint density at radius 2 is 1.94 bits per heavy atom. The highest BCUT2D eigenvalue weighted by Gasteiger charge is 2.06. The molecule has 2 rings (SSSR count). The van der Waals surface area contributed by atoms with Crippen molar-refractivity contribution in [3.63, 3.8) is 0 Å². The maximum absolute atomic E-state index is 5.28. The van der Waals surface area contributed by atoms with Crippen molar-refractivity contribution in [1.82, 2.24) is 4.98 Å². The first-order valence-electron chi connectivity index (χ1n) is 5.35. The van der Waals surface area contributed by atoms with Crippen LogP contribution >= 0.6 is 11.3 Å². The molecule has 0 atom stereocenters. The first-order valence-corrected chi connectivity index (χ1v) is 6.23. The zero-order valence-electron chi connectivity index (χ0n) is 10.2. The van der Waals surface area contributed by atoms with E-state index in [2.05, 4.69) is 10.4 Å². The Balaban J connectivity index is 2.22. The molecule has 0 saturated carbocycles. The van der Waals surface area contributed by atoms with Gasteiger partial charge in [0.25, 0.3) is 0 Å². The van der Waals surface area contributed by atoms with Gasteiger partial charge in [0, 0.05) is 17.5 Å². The molecule has 0 radical (unpaired) electrons. The summed E-state index contributed by atoms with van der Waals surface area (Å²) in [7, 11) is 3.29. The number of aryl methyl sites for hydroxylation is 1. The van der Waals surface area contributed by atoms with Crippen molar-refractivity contribution in [2.45, 2.75) is 13.3 Å². The number of ether oxygens (including phenoxy) is 2. The van der Waals surface area contributed by atoms with Crippen molar-refractivity contribution in [2.24, 2.45) is 0 Å². The summed E-state index contributed by atoms with van der Waals surface area (Å²) >= 11 is 1.68. The standard InChI is InChI=1S/C13H15NO2S/c1-9-8-17-13(14-9)7-10-4-5-11(15-2)12(6-10)16-3/h4-6,8H,7H2,1-3H3. The average molecular weight is 249 g/mol. The van der Waals surface area contributed by atoms with Crippen LogP contribution in [0.5, 0.6) is 11.5 Å². The minimum Gasteiger partial charge on any atom is -0.493 e. The van der Waals surface area contributed by atoms with E-state index in [1.54, 1.807) is 25.6 Å². The number of thiazole rings is 1. The number of rotatable bonds is 4. The molecule has 0 N–H and O–H groups in total. The van der Waals surface area contributed by atoms with Crippen LogP contribution in [0.25, 0.3) is 0 Å². The van der Waals surface area contributed by atoms with Crippen LogP contribution in [0.2, 0.25) is 0 Å². The quantitative estimate of drug-likeness (QED) is 0.834. The molecule has 0 aliphatic heterocycles. The second-order valence-electron chi connectivity index (χ2n) is 3.75. The Hall–Kier alpha value is -1.55. The first-order chi connectivity index (χ1) is 8.22. The molecule has 90 valence electrons. The van der Waals surface area contributed by atoms with Gasteiger partial charge in [0.05, 0.1) is 19.2 Å². The fraction of sp³-hybridized carbons (Fsp3) is 0.308. The molecule has 1 heterocycles. The van der Waals surface area contributed by atoms with Crippen LogP contribution in [0.15, 0.2) is 23.6 Å². The Bertz CT molecular complexity index is 508. The highest BCUT2D eigenvalue weighted by Crippen LogP contribution is 2.28. The van der Waals surface area contributed by atoms with E-state index in [-0.39, 0.29) is 0 Å². The number of nitrogens with zero attached hydrogens (tertiary/aromatic N) is 1. The molecule has 1 aromatic heterocycles. The highest BCUT2D eigenvalue weighted by atomic mass is 32.1. The Labute approximate surface area is 105 Å². The third kappa shape index (κ3) is 2.77. The molecule has 0 amide bonds. The molecule has 17 heavy (non-hydrogen) atoms. The Morgan fingerprint density at radius 3 is 2.53 bits per heavy atom. The van der Waals surface area contributed by atoms with Gasteiger partial charge in [0.1, 0.15) is 0 Å². The Kier molecular flexibility index (Phi) is 3.64. The minimum atomic E-state index is 0.756. The van der Waals surface area contributed by atoms with Crippen molar-refractivity contribution in [3.05, 3.63) is 39.8 Å². The third-order valence-corrected chi connectivity index (χ3v) is 3.44. The molecular formula is C13H15NO2S. The third-order valence-electron chi connectivity index (χ3n) is 2.47. The molecule has 1 aromatic carbocycles. The van der Waals surface area contributed by atoms with Gasteiger partial charge < -0.3 is 9.47 Å². The van der Waals surface area contributed by atoms with Crippen molar-refractivity contribution in [2.75, 3.05) is 14.2 Å². The molecule has 0 saturated heterocycles. The van der Waals surface area contributed by atoms with E-state index in [1.165, 1.54) is 5.56 Å². The summed E-state index contributed by atoms with van der Waals surface area (Å²) in [5.74, 6) is 1.52. The lowest BCUT2D eigenvalue weighted by molar-refractivity contribution is 0.354. The normalized spacial score (nSPS) is 10.3. The zero-order valence-corrected chi connectivity index (χ0v) is 11.0. The van der Waals surface area contributed by atoms with Crippen molar-refractivity contribution in [3.8, 4) is 11.5 Å². The maximum Gasteiger partial charge on any atom is 0.160 e. The lowest BCUT2D eigenvalue weighted by atomic mass is 10.1. The van der Waals surface area contributed by atoms with E-state index in [9.17, 15) is 0 Å². The predicted octanol–water partition coefficient (Wildman–Crippen LogP) is 3.06. The fourth-order valence-electron chi connectivity index (χ4n) is 1.65. The minimum absolute atomic E-state index is 0.756. The van der Waals surface area contributed by atoms with Gasteiger partial charge in [-0.05, 0) is 24.6 Å². The van der Waals surface area contributed by atoms with E-state index in [4.69, 9.17) is 9.47 Å². The van der Waals surface area contributed by atoms with Crippen LogP contribution in [-0.2, 0) is 6.42 Å². The molecule has 4 heteroatoms. The second kappa shape index (κ2) is 5.19. The fourth-order valence-corrected chi connectivity index (χ4v) is 2.46. The molecule has 0 bridgehead atoms. The van der Waals surface area contributed by atoms with Gasteiger partial charge in [0.2, 0.25) is 0 Å². The van der Waals surface area contributed by atoms with Crippen LogP contribution in [0.1, 0.15) is 16.3 Å². The number of methoxy groups -OCH3 is 2. The first kappa shape index (κ1) is 11.9. The van der Waals surface area contributed by atoms with E-state index in [1.807, 2.05) is 25.1 Å². The zero-order chi connectivity index (χ0) is 12.3. The van der Waals surface area contributed by atoms with E-state index >= 15 is 0 Å². The summed E-state index contributed by atoms with van der Waals surface area (Å²) in [4.78, 5) is 4.45. The second-order valence-corrected chi connectivity index (χ2v) is 4.69. The number of aromatic nitrogens is 1. The van der Waals surface area contributed by atoms with Gasteiger partial charge in [-0.2, -0.15) is 0 Å². The van der Waals surface area contributed by atoms with Crippen LogP contribution in [0, 0.1) is 6.92 Å². The van der Waals surface area contributed by atoms with Gasteiger partial charge >= 0.3 is 0 Å². The highest BCUT2D eigenvalue weighted by molar-refractivity contribution is 7.09. The van der Waals surface area contributed by atoms with Crippen molar-refractivity contribution >= 4 is 11.3 Å². The molecular weight excluding hydrogens is 234 g/mol. The largest absolute Gasteiger partial charge is 0.493 e. The summed E-state index contributed by atoms with van der Waals surface area (Å²) in [5.41, 5.74) is 2.25. The monoisotopic (exact) mass is 249 g/mol. The van der Waals surface area contributed by atoms with Gasteiger partial charge in [-0.3, -0.25) is 0 Å². The molecule has 3 nitrogen and oxygen atoms in total. The van der Waals surface area contributed by atoms with E-state index in [0.29, 0.717) is 0 Å². The summed E-state index contributed by atoms with van der Waals surface area (Å²) in [6.45, 7) is 2.01. The topological polar surface area (TPSA) is 31.4 Å². The summed E-state index contributed by atoms with van der Waals surface area (Å²) in [6.07, 6.45) is 0.832. The summed E-state index contributed by atoms with van der Waals surface area (Å²) in [5, 5.41) is 3.19. The van der Waals surface area contributed by atoms with Gasteiger partial charge in [0.15, 0.2) is 11.5 Å². The Morgan fingerprint density at radius 1 is 1.18 bits per heavy atom. The molecule has 2 aromatic rings. The number of hydrogen-bond donors (Lipinski definition) is 0. The molecule has 0 fully saturated rings. The van der Waals surface area contributed by atoms with Crippen LogP contribution in [0.4, 0.5) is 0 Å². The summed E-state index contributed by atoms with van der Waals surface area (Å²) < 4.78 is 10.5. The van der Waals surface area contributed by atoms with E-state index in [0.717, 1.165) is 28.6 Å². The number of hydrogen-bond acceptors (Lipinski definition) is 4. The van der Waals surface area contributed by atoms with E-state index < -0.39 is 0 Å². The molecule has 0 aliphatic rings. The van der Waals surface area contributed by atoms with Crippen molar-refractivity contribution < 1.29 is 9.47 Å². The molecule has 0 unspecified atom stereocenters. The smallest absolute Gasteiger partial charge is 0.160 e. The van der Waals surface area contributed by atoms with Gasteiger partial charge in [-0.15, -0.1) is 11.3 Å². The van der Waals surface area contributed by atoms with Gasteiger partial charge in [-0.1, -0.05) is 6.07 Å². The average Bonchev–Trinajstić information content (AvgIpc) is 2.74. The predicted molar refractivity (Wildman–Crippen MR) is 69.2 cm³/mol. The lowest BCUT2D eigenvalue weighted by Gasteiger charge is -2.08. The molecule has 0 aliphatic carbocycles. The van der Waals surface area contributed by atoms with Crippen LogP contribution < -0.4 is 9.47 Å².